The number of hydrogen-bond acceptors (Lipinski definition) is 7. The Morgan fingerprint density at radius 1 is 1.35 bits per heavy atom. The topological polar surface area (TPSA) is 66.8 Å². The van der Waals surface area contributed by atoms with Crippen molar-refractivity contribution in [2.75, 3.05) is 11.9 Å². The molecule has 1 saturated heterocycles. The van der Waals surface area contributed by atoms with Crippen LogP contribution in [0.25, 0.3) is 0 Å². The van der Waals surface area contributed by atoms with Crippen LogP contribution in [0.15, 0.2) is 6.07 Å². The monoisotopic (exact) mass is 332 g/mol. The van der Waals surface area contributed by atoms with Crippen LogP contribution in [0, 0.1) is 6.92 Å². The van der Waals surface area contributed by atoms with Crippen LogP contribution >= 0.6 is 11.3 Å². The summed E-state index contributed by atoms with van der Waals surface area (Å²) >= 11 is 1.57. The predicted octanol–water partition coefficient (Wildman–Crippen LogP) is 3.49. The number of rotatable bonds is 5. The van der Waals surface area contributed by atoms with Crippen LogP contribution in [0.3, 0.4) is 0 Å². The van der Waals surface area contributed by atoms with E-state index in [-0.39, 0.29) is 0 Å². The van der Waals surface area contributed by atoms with Gasteiger partial charge in [0.25, 0.3) is 0 Å². The molecule has 7 heteroatoms. The normalized spacial score (nSPS) is 18.7. The third-order valence-corrected chi connectivity index (χ3v) is 5.14. The molecule has 23 heavy (non-hydrogen) atoms. The number of nitrogens with zero attached hydrogens (tertiary/aromatic N) is 5. The van der Waals surface area contributed by atoms with E-state index in [1.54, 1.807) is 11.3 Å². The fourth-order valence-electron chi connectivity index (χ4n) is 3.11. The number of nitrogens with one attached hydrogen (secondary N) is 1. The van der Waals surface area contributed by atoms with Gasteiger partial charge in [0.15, 0.2) is 0 Å². The van der Waals surface area contributed by atoms with Gasteiger partial charge < -0.3 is 5.32 Å². The van der Waals surface area contributed by atoms with Crippen LogP contribution < -0.4 is 5.32 Å². The minimum Gasteiger partial charge on any atom is -0.315 e. The molecule has 0 amide bonds. The van der Waals surface area contributed by atoms with Crippen molar-refractivity contribution < 1.29 is 0 Å². The summed E-state index contributed by atoms with van der Waals surface area (Å²) in [7, 11) is 0. The molecule has 0 unspecified atom stereocenters. The Kier molecular flexibility index (Phi) is 4.87. The molecular weight excluding hydrogens is 308 g/mol. The van der Waals surface area contributed by atoms with E-state index in [2.05, 4.69) is 57.2 Å². The van der Waals surface area contributed by atoms with Gasteiger partial charge in [0.2, 0.25) is 5.13 Å². The summed E-state index contributed by atoms with van der Waals surface area (Å²) in [5.74, 6) is 1.60. The van der Waals surface area contributed by atoms with E-state index in [9.17, 15) is 0 Å². The average Bonchev–Trinajstić information content (AvgIpc) is 3.15. The highest BCUT2D eigenvalue weighted by molar-refractivity contribution is 7.15. The molecule has 0 radical (unpaired) electrons. The van der Waals surface area contributed by atoms with Gasteiger partial charge in [0.1, 0.15) is 16.6 Å². The van der Waals surface area contributed by atoms with Crippen molar-refractivity contribution >= 4 is 22.3 Å². The highest BCUT2D eigenvalue weighted by Crippen LogP contribution is 2.33. The van der Waals surface area contributed by atoms with Gasteiger partial charge in [-0.1, -0.05) is 18.3 Å². The molecule has 1 aliphatic heterocycles. The van der Waals surface area contributed by atoms with Crippen LogP contribution in [0.1, 0.15) is 56.2 Å². The van der Waals surface area contributed by atoms with E-state index in [1.165, 1.54) is 6.42 Å². The highest BCUT2D eigenvalue weighted by atomic mass is 32.1. The first kappa shape index (κ1) is 16.3. The van der Waals surface area contributed by atoms with E-state index in [4.69, 9.17) is 0 Å². The molecule has 1 fully saturated rings. The summed E-state index contributed by atoms with van der Waals surface area (Å²) in [4.78, 5) is 11.7. The second-order valence-corrected chi connectivity index (χ2v) is 7.26. The van der Waals surface area contributed by atoms with Crippen LogP contribution in [-0.2, 0) is 6.42 Å². The maximum Gasteiger partial charge on any atom is 0.211 e. The fraction of sp³-hybridized carbons (Fsp3) is 0.625. The molecular formula is C16H24N6S. The minimum atomic E-state index is 0.387. The van der Waals surface area contributed by atoms with Crippen LogP contribution in [0.5, 0.6) is 0 Å². The Morgan fingerprint density at radius 3 is 2.87 bits per heavy atom. The Hall–Kier alpha value is -1.60. The Morgan fingerprint density at radius 2 is 2.17 bits per heavy atom. The van der Waals surface area contributed by atoms with Gasteiger partial charge >= 0.3 is 0 Å². The SMILES string of the molecule is CCc1nnc(Nc2cc([C@H]3CCCN3C(C)C)nc(C)n2)s1. The smallest absolute Gasteiger partial charge is 0.211 e. The number of hydrogen-bond donors (Lipinski definition) is 1. The van der Waals surface area contributed by atoms with E-state index in [0.717, 1.165) is 46.9 Å². The van der Waals surface area contributed by atoms with Crippen molar-refractivity contribution in [1.82, 2.24) is 25.1 Å². The molecule has 2 aromatic rings. The van der Waals surface area contributed by atoms with Crippen molar-refractivity contribution in [1.29, 1.82) is 0 Å². The van der Waals surface area contributed by atoms with Crippen molar-refractivity contribution in [3.05, 3.63) is 22.6 Å². The largest absolute Gasteiger partial charge is 0.315 e. The first-order chi connectivity index (χ1) is 11.1. The number of likely N-dealkylation sites (tertiary alicyclic amines) is 1. The fourth-order valence-corrected chi connectivity index (χ4v) is 3.79. The molecule has 3 rings (SSSR count). The summed E-state index contributed by atoms with van der Waals surface area (Å²) in [6.07, 6.45) is 3.29. The average molecular weight is 332 g/mol. The molecule has 6 nitrogen and oxygen atoms in total. The lowest BCUT2D eigenvalue weighted by atomic mass is 10.1. The predicted molar refractivity (Wildman–Crippen MR) is 93.2 cm³/mol. The first-order valence-corrected chi connectivity index (χ1v) is 9.09. The minimum absolute atomic E-state index is 0.387. The van der Waals surface area contributed by atoms with Gasteiger partial charge in [-0.25, -0.2) is 9.97 Å². The number of aromatic nitrogens is 4. The van der Waals surface area contributed by atoms with E-state index < -0.39 is 0 Å². The summed E-state index contributed by atoms with van der Waals surface area (Å²) in [6.45, 7) is 9.67. The quantitative estimate of drug-likeness (QED) is 0.904. The summed E-state index contributed by atoms with van der Waals surface area (Å²) in [5, 5.41) is 13.4. The van der Waals surface area contributed by atoms with E-state index >= 15 is 0 Å². The Labute approximate surface area is 141 Å². The second kappa shape index (κ2) is 6.88. The second-order valence-electron chi connectivity index (χ2n) is 6.19. The standard InChI is InChI=1S/C16H24N6S/c1-5-15-20-21-16(23-15)19-14-9-12(17-11(4)18-14)13-7-6-8-22(13)10(2)3/h9-10,13H,5-8H2,1-4H3,(H,17,18,19,21)/t13-/m1/s1. The van der Waals surface area contributed by atoms with Gasteiger partial charge in [-0.15, -0.1) is 10.2 Å². The lowest BCUT2D eigenvalue weighted by Gasteiger charge is -2.28. The van der Waals surface area contributed by atoms with E-state index in [1.807, 2.05) is 6.92 Å². The lowest BCUT2D eigenvalue weighted by molar-refractivity contribution is 0.202. The molecule has 1 atom stereocenters. The van der Waals surface area contributed by atoms with Gasteiger partial charge in [0, 0.05) is 12.1 Å². The molecule has 1 N–H and O–H groups in total. The van der Waals surface area contributed by atoms with Crippen LogP contribution in [-0.4, -0.2) is 37.7 Å². The molecule has 1 aliphatic rings. The van der Waals surface area contributed by atoms with Crippen molar-refractivity contribution in [3.8, 4) is 0 Å². The Bertz CT molecular complexity index is 668. The third-order valence-electron chi connectivity index (χ3n) is 4.16. The van der Waals surface area contributed by atoms with Crippen LogP contribution in [0.4, 0.5) is 10.9 Å². The molecule has 3 heterocycles. The molecule has 0 aliphatic carbocycles. The van der Waals surface area contributed by atoms with Crippen molar-refractivity contribution in [3.63, 3.8) is 0 Å². The van der Waals surface area contributed by atoms with Crippen molar-refractivity contribution in [2.45, 2.75) is 59.0 Å². The number of anilines is 2. The zero-order valence-electron chi connectivity index (χ0n) is 14.2. The van der Waals surface area contributed by atoms with Gasteiger partial charge in [-0.3, -0.25) is 4.90 Å². The maximum atomic E-state index is 4.69. The Balaban J connectivity index is 1.84. The molecule has 0 bridgehead atoms. The molecule has 0 aromatic carbocycles. The number of aryl methyl sites for hydroxylation is 2. The molecule has 0 saturated carbocycles. The first-order valence-electron chi connectivity index (χ1n) is 8.27. The zero-order chi connectivity index (χ0) is 16.4. The summed E-state index contributed by atoms with van der Waals surface area (Å²) < 4.78 is 0. The maximum absolute atomic E-state index is 4.69. The molecule has 2 aromatic heterocycles. The van der Waals surface area contributed by atoms with Gasteiger partial charge in [-0.2, -0.15) is 0 Å². The summed E-state index contributed by atoms with van der Waals surface area (Å²) in [5.41, 5.74) is 1.10. The zero-order valence-corrected chi connectivity index (χ0v) is 15.0. The third kappa shape index (κ3) is 3.67. The van der Waals surface area contributed by atoms with Gasteiger partial charge in [0.05, 0.1) is 11.7 Å². The van der Waals surface area contributed by atoms with Crippen molar-refractivity contribution in [2.24, 2.45) is 0 Å². The molecule has 0 spiro atoms. The lowest BCUT2D eigenvalue weighted by Crippen LogP contribution is -2.30. The highest BCUT2D eigenvalue weighted by Gasteiger charge is 2.29. The summed E-state index contributed by atoms with van der Waals surface area (Å²) in [6, 6.07) is 2.98. The van der Waals surface area contributed by atoms with Gasteiger partial charge in [-0.05, 0) is 46.6 Å². The van der Waals surface area contributed by atoms with Crippen LogP contribution in [0.2, 0.25) is 0 Å². The molecule has 124 valence electrons. The van der Waals surface area contributed by atoms with E-state index in [0.29, 0.717) is 12.1 Å².